The summed E-state index contributed by atoms with van der Waals surface area (Å²) in [7, 11) is 0. The fraction of sp³-hybridized carbons (Fsp3) is 0.139. The van der Waals surface area contributed by atoms with Gasteiger partial charge in [-0.15, -0.1) is 0 Å². The van der Waals surface area contributed by atoms with Crippen LogP contribution in [0.4, 0.5) is 0 Å². The molecule has 0 saturated heterocycles. The monoisotopic (exact) mass is 981 g/mol. The zero-order valence-electron chi connectivity index (χ0n) is 44.0. The molecule has 0 bridgehead atoms. The average molecular weight is 982 g/mol. The van der Waals surface area contributed by atoms with Gasteiger partial charge in [0.05, 0.1) is 22.4 Å². The number of nitrogens with zero attached hydrogens (tertiary/aromatic N) is 3. The normalized spacial score (nSPS) is 14.3. The molecule has 1 aliphatic rings. The van der Waals surface area contributed by atoms with Crippen LogP contribution in [0.1, 0.15) is 81.8 Å². The molecule has 9 aromatic carbocycles. The molecule has 0 saturated carbocycles. The van der Waals surface area contributed by atoms with Crippen LogP contribution in [0, 0.1) is 0 Å². The van der Waals surface area contributed by atoms with Crippen molar-refractivity contribution in [2.75, 3.05) is 0 Å². The molecule has 4 heteroatoms. The third-order valence-electron chi connectivity index (χ3n) is 15.6. The molecule has 4 nitrogen and oxygen atoms in total. The quantitative estimate of drug-likeness (QED) is 0.152. The zero-order chi connectivity index (χ0) is 51.7. The fourth-order valence-corrected chi connectivity index (χ4v) is 11.4. The first kappa shape index (κ1) is 46.9. The van der Waals surface area contributed by atoms with E-state index in [0.29, 0.717) is 12.2 Å². The van der Waals surface area contributed by atoms with Gasteiger partial charge in [-0.2, -0.15) is 0 Å². The second-order valence-corrected chi connectivity index (χ2v) is 22.6. The Bertz CT molecular complexity index is 4120. The van der Waals surface area contributed by atoms with Crippen molar-refractivity contribution in [1.82, 2.24) is 14.5 Å². The number of para-hydroxylation sites is 1. The predicted octanol–water partition coefficient (Wildman–Crippen LogP) is 19.4. The summed E-state index contributed by atoms with van der Waals surface area (Å²) >= 11 is 0. The van der Waals surface area contributed by atoms with Gasteiger partial charge in [0.1, 0.15) is 11.2 Å². The molecule has 0 amide bonds. The Morgan fingerprint density at radius 3 is 1.50 bits per heavy atom. The highest BCUT2D eigenvalue weighted by molar-refractivity contribution is 6.15. The van der Waals surface area contributed by atoms with Gasteiger partial charge in [-0.1, -0.05) is 217 Å². The molecule has 12 aromatic rings. The number of benzene rings is 9. The zero-order valence-corrected chi connectivity index (χ0v) is 44.0. The first-order chi connectivity index (χ1) is 36.9. The van der Waals surface area contributed by atoms with Gasteiger partial charge in [-0.3, -0.25) is 0 Å². The van der Waals surface area contributed by atoms with Crippen LogP contribution in [0.2, 0.25) is 0 Å². The van der Waals surface area contributed by atoms with Crippen molar-refractivity contribution in [2.24, 2.45) is 0 Å². The minimum Gasteiger partial charge on any atom is -0.456 e. The van der Waals surface area contributed by atoms with Crippen LogP contribution in [0.15, 0.2) is 235 Å². The number of allylic oxidation sites excluding steroid dienone is 4. The predicted molar refractivity (Wildman–Crippen MR) is 319 cm³/mol. The van der Waals surface area contributed by atoms with E-state index in [1.54, 1.807) is 0 Å². The Morgan fingerprint density at radius 2 is 0.908 bits per heavy atom. The average Bonchev–Trinajstić information content (AvgIpc) is 4.00. The number of fused-ring (bicyclic) bond motifs is 6. The minimum absolute atomic E-state index is 0.00880. The number of hydrogen-bond donors (Lipinski definition) is 0. The first-order valence-corrected chi connectivity index (χ1v) is 26.6. The Morgan fingerprint density at radius 1 is 0.408 bits per heavy atom. The first-order valence-electron chi connectivity index (χ1n) is 26.6. The van der Waals surface area contributed by atoms with Crippen LogP contribution >= 0.6 is 0 Å². The summed E-state index contributed by atoms with van der Waals surface area (Å²) in [5, 5.41) is 4.63. The van der Waals surface area contributed by atoms with Gasteiger partial charge in [0, 0.05) is 49.9 Å². The second-order valence-electron chi connectivity index (χ2n) is 22.6. The van der Waals surface area contributed by atoms with Crippen molar-refractivity contribution in [1.29, 1.82) is 0 Å². The number of aromatic nitrogens is 3. The molecule has 1 atom stereocenters. The van der Waals surface area contributed by atoms with Crippen LogP contribution in [0.5, 0.6) is 0 Å². The molecular weight excluding hydrogens is 923 g/mol. The van der Waals surface area contributed by atoms with E-state index in [2.05, 4.69) is 258 Å². The van der Waals surface area contributed by atoms with Crippen LogP contribution < -0.4 is 0 Å². The molecule has 1 aliphatic carbocycles. The second kappa shape index (κ2) is 18.5. The molecule has 3 heterocycles. The Labute approximate surface area is 445 Å². The largest absolute Gasteiger partial charge is 0.456 e. The van der Waals surface area contributed by atoms with E-state index < -0.39 is 0 Å². The van der Waals surface area contributed by atoms with E-state index in [1.807, 2.05) is 18.2 Å². The van der Waals surface area contributed by atoms with Crippen molar-refractivity contribution in [2.45, 2.75) is 64.7 Å². The molecule has 1 unspecified atom stereocenters. The summed E-state index contributed by atoms with van der Waals surface area (Å²) in [5.41, 5.74) is 21.0. The maximum Gasteiger partial charge on any atom is 0.160 e. The van der Waals surface area contributed by atoms with Crippen LogP contribution in [-0.4, -0.2) is 14.5 Å². The molecule has 76 heavy (non-hydrogen) atoms. The third kappa shape index (κ3) is 8.54. The highest BCUT2D eigenvalue weighted by Crippen LogP contribution is 2.50. The summed E-state index contributed by atoms with van der Waals surface area (Å²) in [5.74, 6) is 0.597. The molecule has 0 fully saturated rings. The summed E-state index contributed by atoms with van der Waals surface area (Å²) in [6.45, 7) is 13.7. The van der Waals surface area contributed by atoms with Crippen molar-refractivity contribution in [3.63, 3.8) is 0 Å². The molecule has 0 N–H and O–H groups in total. The minimum atomic E-state index is -0.0850. The van der Waals surface area contributed by atoms with Gasteiger partial charge < -0.3 is 8.98 Å². The lowest BCUT2D eigenvalue weighted by molar-refractivity contribution is 0.589. The fourth-order valence-electron chi connectivity index (χ4n) is 11.4. The topological polar surface area (TPSA) is 43.9 Å². The van der Waals surface area contributed by atoms with Crippen molar-refractivity contribution < 1.29 is 4.42 Å². The van der Waals surface area contributed by atoms with E-state index >= 15 is 0 Å². The molecule has 13 rings (SSSR count). The summed E-state index contributed by atoms with van der Waals surface area (Å²) in [6.07, 6.45) is 3.14. The summed E-state index contributed by atoms with van der Waals surface area (Å²) in [4.78, 5) is 10.9. The van der Waals surface area contributed by atoms with Crippen LogP contribution in [0.3, 0.4) is 0 Å². The molecule has 0 radical (unpaired) electrons. The molecular formula is C72H59N3O. The highest BCUT2D eigenvalue weighted by Gasteiger charge is 2.32. The number of rotatable bonds is 8. The Hall–Kier alpha value is -8.86. The van der Waals surface area contributed by atoms with Crippen molar-refractivity contribution in [3.05, 3.63) is 258 Å². The van der Waals surface area contributed by atoms with Crippen molar-refractivity contribution in [3.8, 4) is 44.9 Å². The molecule has 368 valence electrons. The van der Waals surface area contributed by atoms with Gasteiger partial charge in [0.2, 0.25) is 0 Å². The number of hydrogen-bond acceptors (Lipinski definition) is 3. The van der Waals surface area contributed by atoms with Gasteiger partial charge in [-0.25, -0.2) is 9.97 Å². The maximum absolute atomic E-state index is 6.46. The van der Waals surface area contributed by atoms with Gasteiger partial charge >= 0.3 is 0 Å². The molecule has 0 aliphatic heterocycles. The van der Waals surface area contributed by atoms with E-state index in [1.165, 1.54) is 66.4 Å². The van der Waals surface area contributed by atoms with Crippen LogP contribution in [-0.2, 0) is 10.8 Å². The van der Waals surface area contributed by atoms with E-state index in [4.69, 9.17) is 14.4 Å². The van der Waals surface area contributed by atoms with E-state index in [0.717, 1.165) is 61.2 Å². The van der Waals surface area contributed by atoms with Crippen LogP contribution in [0.25, 0.3) is 105 Å². The number of furan rings is 1. The lowest BCUT2D eigenvalue weighted by atomic mass is 9.77. The highest BCUT2D eigenvalue weighted by atomic mass is 16.3. The maximum atomic E-state index is 6.46. The Kier molecular flexibility index (Phi) is 11.4. The SMILES string of the molecule is CC(C)(C)c1ccc(C2=C(n3c4ccc(-c5ccccc5)cc4c4cc(-c5ccccc5)ccc43)C(c3ccc(C(C)(C)C)cc3)CC(c3cc(-c4ccc5c(c4)oc4ccccc45)nc(-c4ccccc4)n3)=C2)cc1. The standard InChI is InChI=1S/C72H59N3O/c1-71(2,3)55-33-26-48(27-34-55)59-42-54(64-45-63(73-70(74-64)50-22-14-9-15-23-50)53-30-37-58-57-24-16-17-25-67(57)76-68(58)44-53)43-60(49-28-35-56(36-29-49)72(4,5)6)69(59)75-65-38-31-51(46-18-10-7-11-19-46)40-61(65)62-41-52(32-39-66(62)75)47-20-12-8-13-21-47/h7-42,44-45,60H,43H2,1-6H3. The summed E-state index contributed by atoms with van der Waals surface area (Å²) in [6, 6.07) is 81.8. The van der Waals surface area contributed by atoms with Gasteiger partial charge in [0.15, 0.2) is 5.82 Å². The van der Waals surface area contributed by atoms with E-state index in [-0.39, 0.29) is 16.7 Å². The lowest BCUT2D eigenvalue weighted by Crippen LogP contribution is -2.17. The van der Waals surface area contributed by atoms with E-state index in [9.17, 15) is 0 Å². The van der Waals surface area contributed by atoms with Gasteiger partial charge in [0.25, 0.3) is 0 Å². The lowest BCUT2D eigenvalue weighted by Gasteiger charge is -2.32. The van der Waals surface area contributed by atoms with Crippen molar-refractivity contribution >= 4 is 60.6 Å². The molecule has 3 aromatic heterocycles. The molecule has 0 spiro atoms. The Balaban J connectivity index is 1.10. The smallest absolute Gasteiger partial charge is 0.160 e. The van der Waals surface area contributed by atoms with Gasteiger partial charge in [-0.05, 0) is 122 Å². The summed E-state index contributed by atoms with van der Waals surface area (Å²) < 4.78 is 9.06. The third-order valence-corrected chi connectivity index (χ3v) is 15.6.